The number of nitrogens with zero attached hydrogens (tertiary/aromatic N) is 2. The third-order valence-electron chi connectivity index (χ3n) is 4.54. The van der Waals surface area contributed by atoms with Crippen LogP contribution >= 0.6 is 0 Å². The van der Waals surface area contributed by atoms with E-state index >= 15 is 0 Å². The fourth-order valence-corrected chi connectivity index (χ4v) is 3.30. The predicted octanol–water partition coefficient (Wildman–Crippen LogP) is 2.10. The summed E-state index contributed by atoms with van der Waals surface area (Å²) in [7, 11) is 6.07. The highest BCUT2D eigenvalue weighted by Crippen LogP contribution is 2.27. The highest BCUT2D eigenvalue weighted by molar-refractivity contribution is 5.38. The first-order valence-electron chi connectivity index (χ1n) is 7.73. The van der Waals surface area contributed by atoms with Crippen LogP contribution in [0.3, 0.4) is 0 Å². The smallest absolute Gasteiger partial charge is 0.123 e. The predicted molar refractivity (Wildman–Crippen MR) is 87.5 cm³/mol. The second-order valence-corrected chi connectivity index (χ2v) is 6.56. The van der Waals surface area contributed by atoms with Gasteiger partial charge in [0, 0.05) is 37.3 Å². The number of benzene rings is 1. The van der Waals surface area contributed by atoms with Crippen molar-refractivity contribution in [3.8, 4) is 5.75 Å². The van der Waals surface area contributed by atoms with Crippen LogP contribution in [0.2, 0.25) is 0 Å². The van der Waals surface area contributed by atoms with Gasteiger partial charge in [-0.25, -0.2) is 0 Å². The minimum absolute atomic E-state index is 0.0571. The minimum Gasteiger partial charge on any atom is -0.496 e. The molecule has 21 heavy (non-hydrogen) atoms. The molecule has 0 radical (unpaired) electrons. The lowest BCUT2D eigenvalue weighted by Gasteiger charge is -2.23. The van der Waals surface area contributed by atoms with Gasteiger partial charge in [-0.15, -0.1) is 0 Å². The van der Waals surface area contributed by atoms with Crippen LogP contribution in [-0.2, 0) is 6.54 Å². The zero-order chi connectivity index (χ0) is 15.6. The first kappa shape index (κ1) is 16.3. The Kier molecular flexibility index (Phi) is 5.25. The lowest BCUT2D eigenvalue weighted by atomic mass is 10.0. The first-order valence-corrected chi connectivity index (χ1v) is 7.73. The molecule has 2 N–H and O–H groups in total. The van der Waals surface area contributed by atoms with Gasteiger partial charge < -0.3 is 15.4 Å². The number of likely N-dealkylation sites (tertiary alicyclic amines) is 1. The van der Waals surface area contributed by atoms with Gasteiger partial charge in [-0.1, -0.05) is 13.0 Å². The average molecular weight is 291 g/mol. The van der Waals surface area contributed by atoms with E-state index in [2.05, 4.69) is 43.0 Å². The van der Waals surface area contributed by atoms with Crippen molar-refractivity contribution in [2.24, 2.45) is 11.7 Å². The molecule has 0 bridgehead atoms. The molecule has 3 atom stereocenters. The zero-order valence-corrected chi connectivity index (χ0v) is 14.0. The lowest BCUT2D eigenvalue weighted by Crippen LogP contribution is -2.34. The van der Waals surface area contributed by atoms with Crippen molar-refractivity contribution in [2.45, 2.75) is 32.5 Å². The standard InChI is InChI=1S/C17H29N3O/c1-12-9-20(11-16(12)19(3)4)10-15-8-14(13(2)18)6-7-17(15)21-5/h6-8,12-13,16H,9-11,18H2,1-5H3. The third-order valence-corrected chi connectivity index (χ3v) is 4.54. The Hall–Kier alpha value is -1.10. The maximum atomic E-state index is 6.01. The van der Waals surface area contributed by atoms with Gasteiger partial charge in [-0.05, 0) is 44.6 Å². The SMILES string of the molecule is COc1ccc(C(C)N)cc1CN1CC(C)C(N(C)C)C1. The van der Waals surface area contributed by atoms with Crippen molar-refractivity contribution in [2.75, 3.05) is 34.3 Å². The van der Waals surface area contributed by atoms with Crippen LogP contribution in [0.25, 0.3) is 0 Å². The van der Waals surface area contributed by atoms with E-state index in [1.807, 2.05) is 13.0 Å². The zero-order valence-electron chi connectivity index (χ0n) is 14.0. The number of ether oxygens (including phenoxy) is 1. The molecule has 1 aliphatic rings. The van der Waals surface area contributed by atoms with Crippen molar-refractivity contribution in [3.05, 3.63) is 29.3 Å². The Balaban J connectivity index is 2.14. The van der Waals surface area contributed by atoms with E-state index in [1.165, 1.54) is 11.1 Å². The van der Waals surface area contributed by atoms with Crippen LogP contribution in [0.15, 0.2) is 18.2 Å². The highest BCUT2D eigenvalue weighted by atomic mass is 16.5. The molecule has 1 saturated heterocycles. The summed E-state index contributed by atoms with van der Waals surface area (Å²) in [5.74, 6) is 1.66. The minimum atomic E-state index is 0.0571. The van der Waals surface area contributed by atoms with Gasteiger partial charge in [0.2, 0.25) is 0 Å². The van der Waals surface area contributed by atoms with Crippen molar-refractivity contribution in [3.63, 3.8) is 0 Å². The van der Waals surface area contributed by atoms with Crippen LogP contribution in [-0.4, -0.2) is 50.1 Å². The van der Waals surface area contributed by atoms with E-state index in [0.29, 0.717) is 12.0 Å². The molecule has 0 saturated carbocycles. The number of rotatable bonds is 5. The summed E-state index contributed by atoms with van der Waals surface area (Å²) in [6, 6.07) is 6.98. The quantitative estimate of drug-likeness (QED) is 0.902. The van der Waals surface area contributed by atoms with Gasteiger partial charge in [-0.2, -0.15) is 0 Å². The molecule has 0 spiro atoms. The number of hydrogen-bond donors (Lipinski definition) is 1. The molecule has 1 fully saturated rings. The molecule has 0 amide bonds. The second-order valence-electron chi connectivity index (χ2n) is 6.56. The summed E-state index contributed by atoms with van der Waals surface area (Å²) < 4.78 is 5.51. The fraction of sp³-hybridized carbons (Fsp3) is 0.647. The fourth-order valence-electron chi connectivity index (χ4n) is 3.30. The van der Waals surface area contributed by atoms with Crippen LogP contribution in [0.1, 0.15) is 31.0 Å². The van der Waals surface area contributed by atoms with Crippen molar-refractivity contribution < 1.29 is 4.74 Å². The van der Waals surface area contributed by atoms with Gasteiger partial charge in [-0.3, -0.25) is 4.90 Å². The molecule has 1 heterocycles. The molecule has 2 rings (SSSR count). The Morgan fingerprint density at radius 1 is 1.38 bits per heavy atom. The van der Waals surface area contributed by atoms with Gasteiger partial charge in [0.05, 0.1) is 7.11 Å². The molecular weight excluding hydrogens is 262 g/mol. The number of hydrogen-bond acceptors (Lipinski definition) is 4. The molecular formula is C17H29N3O. The maximum Gasteiger partial charge on any atom is 0.123 e. The van der Waals surface area contributed by atoms with E-state index < -0.39 is 0 Å². The summed E-state index contributed by atoms with van der Waals surface area (Å²) in [6.07, 6.45) is 0. The highest BCUT2D eigenvalue weighted by Gasteiger charge is 2.31. The molecule has 1 aromatic rings. The summed E-state index contributed by atoms with van der Waals surface area (Å²) in [4.78, 5) is 4.85. The normalized spacial score (nSPS) is 24.5. The van der Waals surface area contributed by atoms with Gasteiger partial charge in [0.15, 0.2) is 0 Å². The molecule has 0 aliphatic carbocycles. The van der Waals surface area contributed by atoms with E-state index in [9.17, 15) is 0 Å². The van der Waals surface area contributed by atoms with Crippen molar-refractivity contribution in [1.82, 2.24) is 9.80 Å². The molecule has 1 aliphatic heterocycles. The largest absolute Gasteiger partial charge is 0.496 e. The monoisotopic (exact) mass is 291 g/mol. The summed E-state index contributed by atoms with van der Waals surface area (Å²) in [5, 5.41) is 0. The summed E-state index contributed by atoms with van der Waals surface area (Å²) in [5.41, 5.74) is 8.41. The van der Waals surface area contributed by atoms with Crippen LogP contribution in [0.4, 0.5) is 0 Å². The van der Waals surface area contributed by atoms with E-state index in [-0.39, 0.29) is 6.04 Å². The summed E-state index contributed by atoms with van der Waals surface area (Å²) in [6.45, 7) is 7.53. The number of likely N-dealkylation sites (N-methyl/N-ethyl adjacent to an activating group) is 1. The molecule has 0 aromatic heterocycles. The van der Waals surface area contributed by atoms with Crippen LogP contribution < -0.4 is 10.5 Å². The third kappa shape index (κ3) is 3.76. The van der Waals surface area contributed by atoms with E-state index in [4.69, 9.17) is 10.5 Å². The molecule has 1 aromatic carbocycles. The summed E-state index contributed by atoms with van der Waals surface area (Å²) >= 11 is 0. The van der Waals surface area contributed by atoms with E-state index in [0.717, 1.165) is 25.4 Å². The Morgan fingerprint density at radius 2 is 2.10 bits per heavy atom. The molecule has 118 valence electrons. The first-order chi connectivity index (χ1) is 9.92. The Bertz CT molecular complexity index is 473. The average Bonchev–Trinajstić information content (AvgIpc) is 2.79. The van der Waals surface area contributed by atoms with E-state index in [1.54, 1.807) is 7.11 Å². The number of nitrogens with two attached hydrogens (primary N) is 1. The Morgan fingerprint density at radius 3 is 2.62 bits per heavy atom. The van der Waals surface area contributed by atoms with Crippen molar-refractivity contribution in [1.29, 1.82) is 0 Å². The molecule has 3 unspecified atom stereocenters. The molecule has 4 heteroatoms. The lowest BCUT2D eigenvalue weighted by molar-refractivity contribution is 0.249. The second kappa shape index (κ2) is 6.77. The van der Waals surface area contributed by atoms with Crippen LogP contribution in [0, 0.1) is 5.92 Å². The topological polar surface area (TPSA) is 41.7 Å². The van der Waals surface area contributed by atoms with Gasteiger partial charge in [0.25, 0.3) is 0 Å². The number of methoxy groups -OCH3 is 1. The van der Waals surface area contributed by atoms with Crippen molar-refractivity contribution >= 4 is 0 Å². The maximum absolute atomic E-state index is 6.01. The van der Waals surface area contributed by atoms with Crippen LogP contribution in [0.5, 0.6) is 5.75 Å². The van der Waals surface area contributed by atoms with Gasteiger partial charge >= 0.3 is 0 Å². The van der Waals surface area contributed by atoms with Gasteiger partial charge in [0.1, 0.15) is 5.75 Å². The molecule has 4 nitrogen and oxygen atoms in total. The Labute approximate surface area is 128 Å².